The molecule has 2 N–H and O–H groups in total. The Kier molecular flexibility index (Phi) is 5.63. The molecule has 0 saturated heterocycles. The second-order valence-corrected chi connectivity index (χ2v) is 5.81. The first-order valence-corrected chi connectivity index (χ1v) is 7.73. The van der Waals surface area contributed by atoms with Crippen LogP contribution in [0.1, 0.15) is 30.6 Å². The topological polar surface area (TPSA) is 54.0 Å². The number of halogens is 2. The first-order chi connectivity index (χ1) is 10.5. The fourth-order valence-corrected chi connectivity index (χ4v) is 2.08. The second kappa shape index (κ2) is 7.47. The SMILES string of the molecule is CCC(C)NC(=O)c1cncc(Nc2ccc(Cl)c(Cl)c2)c1. The summed E-state index contributed by atoms with van der Waals surface area (Å²) >= 11 is 11.9. The Labute approximate surface area is 139 Å². The predicted molar refractivity (Wildman–Crippen MR) is 91.2 cm³/mol. The molecule has 1 atom stereocenters. The van der Waals surface area contributed by atoms with Gasteiger partial charge in [0.15, 0.2) is 0 Å². The number of aromatic nitrogens is 1. The maximum atomic E-state index is 12.1. The van der Waals surface area contributed by atoms with Crippen LogP contribution in [-0.4, -0.2) is 16.9 Å². The van der Waals surface area contributed by atoms with Gasteiger partial charge in [0.1, 0.15) is 0 Å². The number of carbonyl (C=O) groups is 1. The third-order valence-corrected chi connectivity index (χ3v) is 3.94. The van der Waals surface area contributed by atoms with Crippen LogP contribution in [0.3, 0.4) is 0 Å². The minimum Gasteiger partial charge on any atom is -0.354 e. The number of carbonyl (C=O) groups excluding carboxylic acids is 1. The van der Waals surface area contributed by atoms with E-state index in [1.54, 1.807) is 30.5 Å². The number of benzene rings is 1. The van der Waals surface area contributed by atoms with E-state index in [-0.39, 0.29) is 11.9 Å². The number of rotatable bonds is 5. The monoisotopic (exact) mass is 337 g/mol. The molecule has 0 radical (unpaired) electrons. The zero-order valence-corrected chi connectivity index (χ0v) is 13.9. The van der Waals surface area contributed by atoms with Gasteiger partial charge in [-0.25, -0.2) is 0 Å². The molecule has 1 unspecified atom stereocenters. The van der Waals surface area contributed by atoms with Gasteiger partial charge in [0.25, 0.3) is 5.91 Å². The van der Waals surface area contributed by atoms with Gasteiger partial charge >= 0.3 is 0 Å². The average Bonchev–Trinajstić information content (AvgIpc) is 2.51. The van der Waals surface area contributed by atoms with Crippen molar-refractivity contribution in [2.24, 2.45) is 0 Å². The molecule has 22 heavy (non-hydrogen) atoms. The molecule has 0 aliphatic heterocycles. The van der Waals surface area contributed by atoms with Gasteiger partial charge in [-0.05, 0) is 37.6 Å². The fraction of sp³-hybridized carbons (Fsp3) is 0.250. The molecule has 0 aliphatic rings. The Morgan fingerprint density at radius 1 is 1.18 bits per heavy atom. The summed E-state index contributed by atoms with van der Waals surface area (Å²) in [5.41, 5.74) is 1.98. The number of hydrogen-bond acceptors (Lipinski definition) is 3. The van der Waals surface area contributed by atoms with E-state index in [1.165, 1.54) is 6.20 Å². The van der Waals surface area contributed by atoms with Crippen molar-refractivity contribution in [2.75, 3.05) is 5.32 Å². The van der Waals surface area contributed by atoms with Crippen molar-refractivity contribution in [1.29, 1.82) is 0 Å². The Balaban J connectivity index is 2.14. The molecule has 2 rings (SSSR count). The van der Waals surface area contributed by atoms with E-state index in [2.05, 4.69) is 15.6 Å². The van der Waals surface area contributed by atoms with Crippen molar-refractivity contribution in [3.05, 3.63) is 52.3 Å². The Morgan fingerprint density at radius 2 is 1.95 bits per heavy atom. The summed E-state index contributed by atoms with van der Waals surface area (Å²) < 4.78 is 0. The summed E-state index contributed by atoms with van der Waals surface area (Å²) in [7, 11) is 0. The van der Waals surface area contributed by atoms with Gasteiger partial charge in [-0.2, -0.15) is 0 Å². The van der Waals surface area contributed by atoms with Crippen LogP contribution in [0.2, 0.25) is 10.0 Å². The lowest BCUT2D eigenvalue weighted by Crippen LogP contribution is -2.31. The van der Waals surface area contributed by atoms with E-state index in [4.69, 9.17) is 23.2 Å². The molecule has 2 aromatic rings. The molecule has 4 nitrogen and oxygen atoms in total. The molecule has 1 aromatic heterocycles. The number of pyridine rings is 1. The second-order valence-electron chi connectivity index (χ2n) is 5.00. The van der Waals surface area contributed by atoms with Crippen molar-refractivity contribution in [3.8, 4) is 0 Å². The molecule has 0 fully saturated rings. The van der Waals surface area contributed by atoms with Gasteiger partial charge in [-0.3, -0.25) is 9.78 Å². The highest BCUT2D eigenvalue weighted by atomic mass is 35.5. The molecule has 0 saturated carbocycles. The molecule has 0 spiro atoms. The van der Waals surface area contributed by atoms with Gasteiger partial charge in [-0.1, -0.05) is 30.1 Å². The number of hydrogen-bond donors (Lipinski definition) is 2. The number of nitrogens with one attached hydrogen (secondary N) is 2. The molecular weight excluding hydrogens is 321 g/mol. The van der Waals surface area contributed by atoms with Crippen molar-refractivity contribution in [2.45, 2.75) is 26.3 Å². The molecule has 1 heterocycles. The van der Waals surface area contributed by atoms with E-state index in [0.717, 1.165) is 12.1 Å². The van der Waals surface area contributed by atoms with Crippen molar-refractivity contribution in [1.82, 2.24) is 10.3 Å². The minimum atomic E-state index is -0.139. The number of anilines is 2. The lowest BCUT2D eigenvalue weighted by molar-refractivity contribution is 0.0939. The van der Waals surface area contributed by atoms with Crippen LogP contribution in [0.5, 0.6) is 0 Å². The summed E-state index contributed by atoms with van der Waals surface area (Å²) in [6.45, 7) is 3.98. The molecule has 0 aliphatic carbocycles. The lowest BCUT2D eigenvalue weighted by Gasteiger charge is -2.12. The van der Waals surface area contributed by atoms with E-state index in [1.807, 2.05) is 13.8 Å². The molecule has 1 aromatic carbocycles. The third kappa shape index (κ3) is 4.36. The van der Waals surface area contributed by atoms with E-state index in [9.17, 15) is 4.79 Å². The molecule has 116 valence electrons. The zero-order chi connectivity index (χ0) is 16.1. The smallest absolute Gasteiger partial charge is 0.253 e. The van der Waals surface area contributed by atoms with Crippen LogP contribution >= 0.6 is 23.2 Å². The van der Waals surface area contributed by atoms with Gasteiger partial charge in [0, 0.05) is 17.9 Å². The van der Waals surface area contributed by atoms with Crippen molar-refractivity contribution in [3.63, 3.8) is 0 Å². The minimum absolute atomic E-state index is 0.124. The summed E-state index contributed by atoms with van der Waals surface area (Å²) in [5.74, 6) is -0.139. The largest absolute Gasteiger partial charge is 0.354 e. The predicted octanol–water partition coefficient (Wildman–Crippen LogP) is 4.66. The first kappa shape index (κ1) is 16.6. The summed E-state index contributed by atoms with van der Waals surface area (Å²) in [5, 5.41) is 7.01. The number of nitrogens with zero attached hydrogens (tertiary/aromatic N) is 1. The van der Waals surface area contributed by atoms with E-state index >= 15 is 0 Å². The van der Waals surface area contributed by atoms with Crippen LogP contribution in [-0.2, 0) is 0 Å². The Hall–Kier alpha value is -1.78. The summed E-state index contributed by atoms with van der Waals surface area (Å²) in [4.78, 5) is 16.2. The van der Waals surface area contributed by atoms with E-state index < -0.39 is 0 Å². The highest BCUT2D eigenvalue weighted by Gasteiger charge is 2.10. The Morgan fingerprint density at radius 3 is 2.64 bits per heavy atom. The van der Waals surface area contributed by atoms with Gasteiger partial charge in [0.2, 0.25) is 0 Å². The number of amides is 1. The van der Waals surface area contributed by atoms with Gasteiger partial charge < -0.3 is 10.6 Å². The molecular formula is C16H17Cl2N3O. The van der Waals surface area contributed by atoms with Crippen LogP contribution in [0.25, 0.3) is 0 Å². The first-order valence-electron chi connectivity index (χ1n) is 6.97. The fourth-order valence-electron chi connectivity index (χ4n) is 1.78. The molecule has 0 bridgehead atoms. The zero-order valence-electron chi connectivity index (χ0n) is 12.4. The van der Waals surface area contributed by atoms with Crippen molar-refractivity contribution >= 4 is 40.5 Å². The van der Waals surface area contributed by atoms with E-state index in [0.29, 0.717) is 21.3 Å². The van der Waals surface area contributed by atoms with Crippen LogP contribution in [0, 0.1) is 0 Å². The third-order valence-electron chi connectivity index (χ3n) is 3.20. The Bertz CT molecular complexity index is 676. The average molecular weight is 338 g/mol. The van der Waals surface area contributed by atoms with Crippen LogP contribution in [0.4, 0.5) is 11.4 Å². The maximum Gasteiger partial charge on any atom is 0.253 e. The summed E-state index contributed by atoms with van der Waals surface area (Å²) in [6, 6.07) is 7.10. The molecule has 1 amide bonds. The lowest BCUT2D eigenvalue weighted by atomic mass is 10.2. The van der Waals surface area contributed by atoms with Gasteiger partial charge in [0.05, 0.1) is 27.5 Å². The highest BCUT2D eigenvalue weighted by Crippen LogP contribution is 2.26. The summed E-state index contributed by atoms with van der Waals surface area (Å²) in [6.07, 6.45) is 4.06. The normalized spacial score (nSPS) is 11.8. The van der Waals surface area contributed by atoms with Crippen molar-refractivity contribution < 1.29 is 4.79 Å². The van der Waals surface area contributed by atoms with Gasteiger partial charge in [-0.15, -0.1) is 0 Å². The molecule has 6 heteroatoms. The maximum absolute atomic E-state index is 12.1. The van der Waals surface area contributed by atoms with Crippen LogP contribution < -0.4 is 10.6 Å². The van der Waals surface area contributed by atoms with Crippen LogP contribution in [0.15, 0.2) is 36.7 Å². The highest BCUT2D eigenvalue weighted by molar-refractivity contribution is 6.42. The quantitative estimate of drug-likeness (QED) is 0.834. The standard InChI is InChI=1S/C16H17Cl2N3O/c1-3-10(2)20-16(22)11-6-13(9-19-8-11)21-12-4-5-14(17)15(18)7-12/h4-10,21H,3H2,1-2H3,(H,20,22).